The first-order valence-electron chi connectivity index (χ1n) is 10.8. The highest BCUT2D eigenvalue weighted by Crippen LogP contribution is 2.38. The lowest BCUT2D eigenvalue weighted by Gasteiger charge is -2.24. The van der Waals surface area contributed by atoms with Crippen LogP contribution in [-0.4, -0.2) is 43.4 Å². The summed E-state index contributed by atoms with van der Waals surface area (Å²) in [4.78, 5) is 12.3. The van der Waals surface area contributed by atoms with Gasteiger partial charge in [-0.2, -0.15) is 0 Å². The Morgan fingerprint density at radius 1 is 1.00 bits per heavy atom. The highest BCUT2D eigenvalue weighted by molar-refractivity contribution is 5.94. The van der Waals surface area contributed by atoms with Gasteiger partial charge in [0.05, 0.1) is 11.7 Å². The van der Waals surface area contributed by atoms with Gasteiger partial charge in [-0.15, -0.1) is 0 Å². The topological polar surface area (TPSA) is 68.8 Å². The minimum atomic E-state index is -0.636. The van der Waals surface area contributed by atoms with Gasteiger partial charge in [-0.1, -0.05) is 13.8 Å². The summed E-state index contributed by atoms with van der Waals surface area (Å²) in [5, 5.41) is 7.00. The maximum absolute atomic E-state index is 12.3. The van der Waals surface area contributed by atoms with E-state index in [1.807, 2.05) is 18.2 Å². The lowest BCUT2D eigenvalue weighted by molar-refractivity contribution is -0.140. The van der Waals surface area contributed by atoms with Crippen LogP contribution < -0.4 is 15.4 Å². The summed E-state index contributed by atoms with van der Waals surface area (Å²) in [6.07, 6.45) is 6.20. The second kappa shape index (κ2) is 8.80. The molecule has 0 bridgehead atoms. The van der Waals surface area contributed by atoms with Crippen LogP contribution in [0.25, 0.3) is 0 Å². The average molecular weight is 389 g/mol. The summed E-state index contributed by atoms with van der Waals surface area (Å²) in [6.45, 7) is 6.09. The van der Waals surface area contributed by atoms with Gasteiger partial charge in [0, 0.05) is 17.6 Å². The predicted molar refractivity (Wildman–Crippen MR) is 107 cm³/mol. The largest absolute Gasteiger partial charge is 0.489 e. The summed E-state index contributed by atoms with van der Waals surface area (Å²) in [5.41, 5.74) is 1.38. The number of hydrogen-bond acceptors (Lipinski definition) is 6. The van der Waals surface area contributed by atoms with Crippen LogP contribution in [0.2, 0.25) is 0 Å². The van der Waals surface area contributed by atoms with Gasteiger partial charge < -0.3 is 24.8 Å². The van der Waals surface area contributed by atoms with Gasteiger partial charge in [-0.05, 0) is 69.8 Å². The van der Waals surface area contributed by atoms with E-state index in [1.54, 1.807) is 0 Å². The molecule has 1 aromatic rings. The van der Waals surface area contributed by atoms with Crippen molar-refractivity contribution in [2.45, 2.75) is 83.0 Å². The molecule has 0 saturated heterocycles. The van der Waals surface area contributed by atoms with Gasteiger partial charge in [0.25, 0.3) is 0 Å². The molecule has 0 amide bonds. The number of carbonyl (C=O) groups is 1. The fourth-order valence-corrected chi connectivity index (χ4v) is 4.80. The normalized spacial score (nSPS) is 31.8. The smallest absolute Gasteiger partial charge is 0.341 e. The third-order valence-electron chi connectivity index (χ3n) is 6.13. The molecule has 2 saturated carbocycles. The van der Waals surface area contributed by atoms with E-state index in [4.69, 9.17) is 14.2 Å². The van der Waals surface area contributed by atoms with E-state index in [2.05, 4.69) is 24.5 Å². The molecular weight excluding hydrogens is 356 g/mol. The Labute approximate surface area is 167 Å². The SMILES string of the molecule is CCN[C@H]1CCC[C@@H]1Oc1ccc2c(c1)C(O[C@H]1CCC[C@@H]1NCC)OC2=O. The molecule has 0 radical (unpaired) electrons. The van der Waals surface area contributed by atoms with Gasteiger partial charge in [0.1, 0.15) is 11.9 Å². The number of carbonyl (C=O) groups excluding carboxylic acids is 1. The predicted octanol–water partition coefficient (Wildman–Crippen LogP) is 3.31. The fraction of sp³-hybridized carbons (Fsp3) is 0.682. The molecule has 6 nitrogen and oxygen atoms in total. The molecule has 5 atom stereocenters. The van der Waals surface area contributed by atoms with Crippen molar-refractivity contribution in [3.8, 4) is 5.75 Å². The summed E-state index contributed by atoms with van der Waals surface area (Å²) in [5.74, 6) is 0.478. The first-order chi connectivity index (χ1) is 13.7. The van der Waals surface area contributed by atoms with Crippen LogP contribution >= 0.6 is 0 Å². The molecule has 0 aromatic heterocycles. The zero-order chi connectivity index (χ0) is 19.5. The highest BCUT2D eigenvalue weighted by atomic mass is 16.7. The number of cyclic esters (lactones) is 1. The van der Waals surface area contributed by atoms with Gasteiger partial charge in [-0.25, -0.2) is 4.79 Å². The Hall–Kier alpha value is -1.63. The maximum atomic E-state index is 12.3. The summed E-state index contributed by atoms with van der Waals surface area (Å²) >= 11 is 0. The third-order valence-corrected chi connectivity index (χ3v) is 6.13. The Kier molecular flexibility index (Phi) is 6.19. The zero-order valence-electron chi connectivity index (χ0n) is 16.9. The molecule has 2 N–H and O–H groups in total. The number of ether oxygens (including phenoxy) is 3. The van der Waals surface area contributed by atoms with Crippen molar-refractivity contribution in [2.24, 2.45) is 0 Å². The monoisotopic (exact) mass is 388 g/mol. The van der Waals surface area contributed by atoms with Gasteiger partial charge in [0.15, 0.2) is 0 Å². The Morgan fingerprint density at radius 2 is 1.68 bits per heavy atom. The van der Waals surface area contributed by atoms with Crippen molar-refractivity contribution in [3.63, 3.8) is 0 Å². The Morgan fingerprint density at radius 3 is 2.39 bits per heavy atom. The summed E-state index contributed by atoms with van der Waals surface area (Å²) in [7, 11) is 0. The van der Waals surface area contributed by atoms with Gasteiger partial charge >= 0.3 is 5.97 Å². The average Bonchev–Trinajstić information content (AvgIpc) is 3.38. The van der Waals surface area contributed by atoms with Crippen LogP contribution in [0.3, 0.4) is 0 Å². The lowest BCUT2D eigenvalue weighted by Crippen LogP contribution is -2.38. The first kappa shape index (κ1) is 19.7. The molecule has 3 aliphatic rings. The molecule has 1 heterocycles. The van der Waals surface area contributed by atoms with Crippen LogP contribution in [0.5, 0.6) is 5.75 Å². The van der Waals surface area contributed by atoms with Crippen LogP contribution in [0.4, 0.5) is 0 Å². The Bertz CT molecular complexity index is 695. The second-order valence-electron chi connectivity index (χ2n) is 8.01. The number of hydrogen-bond donors (Lipinski definition) is 2. The zero-order valence-corrected chi connectivity index (χ0v) is 16.9. The fourth-order valence-electron chi connectivity index (χ4n) is 4.80. The van der Waals surface area contributed by atoms with Gasteiger partial charge in [-0.3, -0.25) is 0 Å². The quantitative estimate of drug-likeness (QED) is 0.666. The lowest BCUT2D eigenvalue weighted by atomic mass is 10.1. The molecule has 2 aliphatic carbocycles. The number of benzene rings is 1. The third kappa shape index (κ3) is 4.04. The summed E-state index contributed by atoms with van der Waals surface area (Å²) < 4.78 is 18.1. The van der Waals surface area contributed by atoms with E-state index in [9.17, 15) is 4.79 Å². The van der Waals surface area contributed by atoms with Crippen molar-refractivity contribution in [2.75, 3.05) is 13.1 Å². The first-order valence-corrected chi connectivity index (χ1v) is 10.8. The molecular formula is C22H32N2O4. The summed E-state index contributed by atoms with van der Waals surface area (Å²) in [6, 6.07) is 6.34. The molecule has 4 rings (SSSR count). The number of rotatable bonds is 8. The molecule has 1 aromatic carbocycles. The van der Waals surface area contributed by atoms with E-state index >= 15 is 0 Å². The Balaban J connectivity index is 1.47. The molecule has 154 valence electrons. The van der Waals surface area contributed by atoms with Gasteiger partial charge in [0.2, 0.25) is 6.29 Å². The number of fused-ring (bicyclic) bond motifs is 1. The number of likely N-dealkylation sites (N-methyl/N-ethyl adjacent to an activating group) is 2. The van der Waals surface area contributed by atoms with Crippen molar-refractivity contribution < 1.29 is 19.0 Å². The number of esters is 1. The van der Waals surface area contributed by atoms with E-state index in [-0.39, 0.29) is 18.2 Å². The number of nitrogens with one attached hydrogen (secondary N) is 2. The van der Waals surface area contributed by atoms with E-state index in [1.165, 1.54) is 6.42 Å². The van der Waals surface area contributed by atoms with Crippen molar-refractivity contribution in [3.05, 3.63) is 29.3 Å². The van der Waals surface area contributed by atoms with Crippen LogP contribution in [0.15, 0.2) is 18.2 Å². The molecule has 1 aliphatic heterocycles. The molecule has 0 spiro atoms. The standard InChI is InChI=1S/C22H32N2O4/c1-3-23-17-7-5-9-19(17)26-14-11-12-15-16(13-14)22(28-21(15)25)27-20-10-6-8-18(20)24-4-2/h11-13,17-20,22-24H,3-10H2,1-2H3/t17-,18-,19-,20-,22?/m0/s1. The second-order valence-corrected chi connectivity index (χ2v) is 8.01. The van der Waals surface area contributed by atoms with E-state index in [0.29, 0.717) is 17.6 Å². The highest BCUT2D eigenvalue weighted by Gasteiger charge is 2.38. The van der Waals surface area contributed by atoms with Crippen molar-refractivity contribution in [1.29, 1.82) is 0 Å². The van der Waals surface area contributed by atoms with E-state index < -0.39 is 6.29 Å². The van der Waals surface area contributed by atoms with Crippen LogP contribution in [0.1, 0.15) is 74.6 Å². The molecule has 2 fully saturated rings. The van der Waals surface area contributed by atoms with Crippen molar-refractivity contribution in [1.82, 2.24) is 10.6 Å². The minimum Gasteiger partial charge on any atom is -0.489 e. The molecule has 28 heavy (non-hydrogen) atoms. The molecule has 6 heteroatoms. The maximum Gasteiger partial charge on any atom is 0.341 e. The van der Waals surface area contributed by atoms with Crippen molar-refractivity contribution >= 4 is 5.97 Å². The molecule has 1 unspecified atom stereocenters. The van der Waals surface area contributed by atoms with E-state index in [0.717, 1.165) is 56.5 Å². The van der Waals surface area contributed by atoms with Crippen LogP contribution in [0, 0.1) is 0 Å². The minimum absolute atomic E-state index is 0.0706. The van der Waals surface area contributed by atoms with Crippen LogP contribution in [-0.2, 0) is 9.47 Å².